The quantitative estimate of drug-likeness (QED) is 0.559. The second-order valence-corrected chi connectivity index (χ2v) is 6.23. The zero-order valence-electron chi connectivity index (χ0n) is 11.1. The van der Waals surface area contributed by atoms with E-state index in [0.717, 1.165) is 16.4 Å². The first-order chi connectivity index (χ1) is 9.54. The Morgan fingerprint density at radius 2 is 2.15 bits per heavy atom. The molecule has 1 fully saturated rings. The Morgan fingerprint density at radius 3 is 2.80 bits per heavy atom. The van der Waals surface area contributed by atoms with E-state index in [1.54, 1.807) is 23.1 Å². The van der Waals surface area contributed by atoms with E-state index in [9.17, 15) is 9.59 Å². The van der Waals surface area contributed by atoms with Gasteiger partial charge in [-0.3, -0.25) is 4.79 Å². The van der Waals surface area contributed by atoms with E-state index in [1.165, 1.54) is 7.11 Å². The van der Waals surface area contributed by atoms with Crippen molar-refractivity contribution in [2.75, 3.05) is 13.7 Å². The summed E-state index contributed by atoms with van der Waals surface area (Å²) in [4.78, 5) is 25.9. The van der Waals surface area contributed by atoms with Crippen LogP contribution in [0.2, 0.25) is 5.02 Å². The maximum absolute atomic E-state index is 12.6. The third-order valence-electron chi connectivity index (χ3n) is 3.40. The molecule has 0 unspecified atom stereocenters. The predicted octanol–water partition coefficient (Wildman–Crippen LogP) is 3.11. The predicted molar refractivity (Wildman–Crippen MR) is 84.9 cm³/mol. The number of halogens is 2. The maximum Gasteiger partial charge on any atom is 0.328 e. The van der Waals surface area contributed by atoms with Gasteiger partial charge in [-0.05, 0) is 60.1 Å². The highest BCUT2D eigenvalue weighted by Gasteiger charge is 2.33. The van der Waals surface area contributed by atoms with Crippen LogP contribution in [0, 0.1) is 3.57 Å². The van der Waals surface area contributed by atoms with Gasteiger partial charge in [0, 0.05) is 15.7 Å². The molecule has 0 N–H and O–H groups in total. The summed E-state index contributed by atoms with van der Waals surface area (Å²) in [6.45, 7) is 0.572. The Hall–Kier alpha value is -0.820. The zero-order chi connectivity index (χ0) is 14.7. The molecule has 108 valence electrons. The molecule has 1 heterocycles. The largest absolute Gasteiger partial charge is 0.467 e. The number of methoxy groups -OCH3 is 1. The molecule has 1 saturated heterocycles. The topological polar surface area (TPSA) is 46.6 Å². The fourth-order valence-corrected chi connectivity index (χ4v) is 2.87. The number of amides is 1. The molecule has 1 aliphatic heterocycles. The molecule has 1 aromatic rings. The minimum Gasteiger partial charge on any atom is -0.467 e. The number of nitrogens with zero attached hydrogens (tertiary/aromatic N) is 1. The highest BCUT2D eigenvalue weighted by atomic mass is 127. The van der Waals surface area contributed by atoms with Crippen LogP contribution in [-0.4, -0.2) is 36.5 Å². The van der Waals surface area contributed by atoms with Crippen LogP contribution in [-0.2, 0) is 9.53 Å². The fourth-order valence-electron chi connectivity index (χ4n) is 2.35. The third-order valence-corrected chi connectivity index (χ3v) is 4.98. The summed E-state index contributed by atoms with van der Waals surface area (Å²) in [7, 11) is 1.35. The summed E-state index contributed by atoms with van der Waals surface area (Å²) < 4.78 is 5.68. The van der Waals surface area contributed by atoms with Crippen molar-refractivity contribution in [3.8, 4) is 0 Å². The Balaban J connectivity index is 2.25. The zero-order valence-corrected chi connectivity index (χ0v) is 14.0. The average molecular weight is 408 g/mol. The standard InChI is InChI=1S/C14H15ClINO3/c1-20-14(19)12-4-2-3-7-17(12)13(18)9-5-6-11(16)10(15)8-9/h5-6,8,12H,2-4,7H2,1H3/t12-/m1/s1. The van der Waals surface area contributed by atoms with E-state index < -0.39 is 6.04 Å². The Bertz CT molecular complexity index is 535. The van der Waals surface area contributed by atoms with Crippen molar-refractivity contribution in [2.24, 2.45) is 0 Å². The van der Waals surface area contributed by atoms with Gasteiger partial charge in [0.25, 0.3) is 5.91 Å². The molecule has 1 aromatic carbocycles. The number of hydrogen-bond donors (Lipinski definition) is 0. The molecule has 20 heavy (non-hydrogen) atoms. The second-order valence-electron chi connectivity index (χ2n) is 4.66. The molecule has 1 atom stereocenters. The summed E-state index contributed by atoms with van der Waals surface area (Å²) >= 11 is 8.16. The number of likely N-dealkylation sites (tertiary alicyclic amines) is 1. The van der Waals surface area contributed by atoms with Crippen molar-refractivity contribution in [2.45, 2.75) is 25.3 Å². The normalized spacial score (nSPS) is 18.8. The first-order valence-corrected chi connectivity index (χ1v) is 7.84. The van der Waals surface area contributed by atoms with Gasteiger partial charge in [0.15, 0.2) is 0 Å². The number of rotatable bonds is 2. The molecule has 0 radical (unpaired) electrons. The van der Waals surface area contributed by atoms with Crippen molar-refractivity contribution in [1.82, 2.24) is 4.90 Å². The van der Waals surface area contributed by atoms with E-state index in [4.69, 9.17) is 16.3 Å². The minimum atomic E-state index is -0.487. The summed E-state index contributed by atoms with van der Waals surface area (Å²) in [5.74, 6) is -0.520. The van der Waals surface area contributed by atoms with Crippen LogP contribution in [0.4, 0.5) is 0 Å². The van der Waals surface area contributed by atoms with Crippen LogP contribution >= 0.6 is 34.2 Å². The van der Waals surface area contributed by atoms with Crippen LogP contribution in [0.5, 0.6) is 0 Å². The lowest BCUT2D eigenvalue weighted by atomic mass is 10.0. The SMILES string of the molecule is COC(=O)[C@H]1CCCCN1C(=O)c1ccc(I)c(Cl)c1. The molecule has 2 rings (SSSR count). The van der Waals surface area contributed by atoms with Crippen molar-refractivity contribution >= 4 is 46.1 Å². The van der Waals surface area contributed by atoms with Gasteiger partial charge < -0.3 is 9.64 Å². The number of ether oxygens (including phenoxy) is 1. The Morgan fingerprint density at radius 1 is 1.40 bits per heavy atom. The van der Waals surface area contributed by atoms with E-state index in [0.29, 0.717) is 23.6 Å². The maximum atomic E-state index is 12.6. The van der Waals surface area contributed by atoms with E-state index >= 15 is 0 Å². The number of hydrogen-bond acceptors (Lipinski definition) is 3. The Kier molecular flexibility index (Phi) is 5.26. The van der Waals surface area contributed by atoms with Crippen molar-refractivity contribution in [3.05, 3.63) is 32.4 Å². The molecule has 4 nitrogen and oxygen atoms in total. The summed E-state index contributed by atoms with van der Waals surface area (Å²) in [5, 5.41) is 0.545. The highest BCUT2D eigenvalue weighted by Crippen LogP contribution is 2.24. The van der Waals surface area contributed by atoms with Crippen LogP contribution in [0.1, 0.15) is 29.6 Å². The Labute approximate surface area is 136 Å². The molecule has 0 bridgehead atoms. The number of esters is 1. The van der Waals surface area contributed by atoms with Gasteiger partial charge in [0.05, 0.1) is 12.1 Å². The van der Waals surface area contributed by atoms with Crippen LogP contribution in [0.15, 0.2) is 18.2 Å². The molecule has 0 saturated carbocycles. The molecular weight excluding hydrogens is 393 g/mol. The van der Waals surface area contributed by atoms with E-state index in [-0.39, 0.29) is 11.9 Å². The van der Waals surface area contributed by atoms with Gasteiger partial charge in [-0.2, -0.15) is 0 Å². The van der Waals surface area contributed by atoms with Crippen molar-refractivity contribution in [1.29, 1.82) is 0 Å². The highest BCUT2D eigenvalue weighted by molar-refractivity contribution is 14.1. The monoisotopic (exact) mass is 407 g/mol. The third kappa shape index (κ3) is 3.25. The lowest BCUT2D eigenvalue weighted by Gasteiger charge is -2.33. The average Bonchev–Trinajstić information content (AvgIpc) is 2.48. The molecule has 1 aliphatic rings. The minimum absolute atomic E-state index is 0.168. The van der Waals surface area contributed by atoms with Gasteiger partial charge in [0.2, 0.25) is 0 Å². The first-order valence-electron chi connectivity index (χ1n) is 6.38. The van der Waals surface area contributed by atoms with Crippen LogP contribution in [0.3, 0.4) is 0 Å². The first kappa shape index (κ1) is 15.6. The smallest absolute Gasteiger partial charge is 0.328 e. The van der Waals surface area contributed by atoms with Crippen molar-refractivity contribution in [3.63, 3.8) is 0 Å². The number of carbonyl (C=O) groups excluding carboxylic acids is 2. The fraction of sp³-hybridized carbons (Fsp3) is 0.429. The number of benzene rings is 1. The van der Waals surface area contributed by atoms with Gasteiger partial charge in [0.1, 0.15) is 6.04 Å². The number of piperidine rings is 1. The van der Waals surface area contributed by atoms with Gasteiger partial charge in [-0.25, -0.2) is 4.79 Å². The summed E-state index contributed by atoms with van der Waals surface area (Å²) in [6, 6.07) is 4.69. The van der Waals surface area contributed by atoms with Crippen molar-refractivity contribution < 1.29 is 14.3 Å². The summed E-state index contributed by atoms with van der Waals surface area (Å²) in [5.41, 5.74) is 0.506. The lowest BCUT2D eigenvalue weighted by Crippen LogP contribution is -2.48. The van der Waals surface area contributed by atoms with E-state index in [2.05, 4.69) is 22.6 Å². The molecule has 0 aliphatic carbocycles. The van der Waals surface area contributed by atoms with Gasteiger partial charge in [-0.1, -0.05) is 11.6 Å². The molecular formula is C14H15ClINO3. The van der Waals surface area contributed by atoms with E-state index in [1.807, 2.05) is 0 Å². The molecule has 6 heteroatoms. The molecule has 1 amide bonds. The molecule has 0 aromatic heterocycles. The lowest BCUT2D eigenvalue weighted by molar-refractivity contribution is -0.147. The van der Waals surface area contributed by atoms with Gasteiger partial charge in [-0.15, -0.1) is 0 Å². The van der Waals surface area contributed by atoms with Crippen LogP contribution in [0.25, 0.3) is 0 Å². The van der Waals surface area contributed by atoms with Gasteiger partial charge >= 0.3 is 5.97 Å². The second kappa shape index (κ2) is 6.76. The summed E-state index contributed by atoms with van der Waals surface area (Å²) in [6.07, 6.45) is 2.48. The number of carbonyl (C=O) groups is 2. The molecule has 0 spiro atoms. The van der Waals surface area contributed by atoms with Crippen LogP contribution < -0.4 is 0 Å².